The number of amides is 1. The van der Waals surface area contributed by atoms with E-state index < -0.39 is 0 Å². The van der Waals surface area contributed by atoms with Gasteiger partial charge in [-0.15, -0.1) is 0 Å². The highest BCUT2D eigenvalue weighted by atomic mass is 16.2. The van der Waals surface area contributed by atoms with Crippen molar-refractivity contribution in [2.75, 3.05) is 13.1 Å². The normalized spacial score (nSPS) is 14.7. The van der Waals surface area contributed by atoms with Crippen LogP contribution >= 0.6 is 0 Å². The van der Waals surface area contributed by atoms with E-state index >= 15 is 0 Å². The number of pyridine rings is 1. The van der Waals surface area contributed by atoms with Gasteiger partial charge in [0, 0.05) is 56.1 Å². The topological polar surface area (TPSA) is 85.9 Å². The fraction of sp³-hybridized carbons (Fsp3) is 0.292. The first-order valence-corrected chi connectivity index (χ1v) is 10.8. The van der Waals surface area contributed by atoms with Crippen molar-refractivity contribution in [3.05, 3.63) is 77.2 Å². The van der Waals surface area contributed by atoms with E-state index in [0.717, 1.165) is 29.3 Å². The van der Waals surface area contributed by atoms with Crippen LogP contribution in [-0.4, -0.2) is 48.2 Å². The molecule has 0 unspecified atom stereocenters. The molecular weight excluding hydrogens is 404 g/mol. The van der Waals surface area contributed by atoms with Gasteiger partial charge in [0.05, 0.1) is 17.5 Å². The summed E-state index contributed by atoms with van der Waals surface area (Å²) in [7, 11) is 1.86. The van der Waals surface area contributed by atoms with Crippen LogP contribution in [-0.2, 0) is 13.6 Å². The highest BCUT2D eigenvalue weighted by Gasteiger charge is 2.27. The average molecular weight is 428 g/mol. The van der Waals surface area contributed by atoms with Crippen LogP contribution in [0.3, 0.4) is 0 Å². The summed E-state index contributed by atoms with van der Waals surface area (Å²) >= 11 is 0. The molecule has 0 radical (unpaired) electrons. The van der Waals surface area contributed by atoms with E-state index in [2.05, 4.69) is 15.1 Å². The second-order valence-corrected chi connectivity index (χ2v) is 8.23. The molecule has 1 aromatic carbocycles. The van der Waals surface area contributed by atoms with Crippen LogP contribution < -0.4 is 5.56 Å². The van der Waals surface area contributed by atoms with E-state index in [-0.39, 0.29) is 11.5 Å². The fourth-order valence-corrected chi connectivity index (χ4v) is 4.36. The van der Waals surface area contributed by atoms with E-state index in [1.807, 2.05) is 48.3 Å². The van der Waals surface area contributed by atoms with Crippen LogP contribution in [0.15, 0.2) is 66.0 Å². The molecule has 1 fully saturated rings. The van der Waals surface area contributed by atoms with Gasteiger partial charge in [-0.25, -0.2) is 4.98 Å². The number of fused-ring (bicyclic) bond motifs is 1. The molecule has 4 heterocycles. The minimum Gasteiger partial charge on any atom is -0.337 e. The van der Waals surface area contributed by atoms with Crippen molar-refractivity contribution >= 4 is 16.8 Å². The Morgan fingerprint density at radius 3 is 2.59 bits per heavy atom. The maximum absolute atomic E-state index is 13.1. The third-order valence-corrected chi connectivity index (χ3v) is 6.17. The molecule has 0 atom stereocenters. The lowest BCUT2D eigenvalue weighted by atomic mass is 9.96. The number of carbonyl (C=O) groups excluding carboxylic acids is 1. The zero-order valence-corrected chi connectivity index (χ0v) is 17.9. The minimum atomic E-state index is -0.0646. The Balaban J connectivity index is 1.24. The van der Waals surface area contributed by atoms with Gasteiger partial charge >= 0.3 is 0 Å². The summed E-state index contributed by atoms with van der Waals surface area (Å²) in [5.41, 5.74) is 2.92. The van der Waals surface area contributed by atoms with Crippen LogP contribution in [0, 0.1) is 5.92 Å². The molecular formula is C24H24N6O2. The number of piperidine rings is 1. The molecule has 0 bridgehead atoms. The molecule has 1 saturated heterocycles. The SMILES string of the molecule is Cn1nc(C(=O)N2CCC(Cn3cnc(-c4ccncc4)cc3=O)CC2)c2ccccc21. The molecule has 1 amide bonds. The number of rotatable bonds is 4. The zero-order valence-electron chi connectivity index (χ0n) is 17.9. The van der Waals surface area contributed by atoms with Gasteiger partial charge in [-0.1, -0.05) is 18.2 Å². The summed E-state index contributed by atoms with van der Waals surface area (Å²) in [6.45, 7) is 1.92. The highest BCUT2D eigenvalue weighted by Crippen LogP contribution is 2.23. The number of benzene rings is 1. The van der Waals surface area contributed by atoms with Crippen LogP contribution in [0.25, 0.3) is 22.2 Å². The van der Waals surface area contributed by atoms with Crippen molar-refractivity contribution in [2.24, 2.45) is 13.0 Å². The molecule has 1 aliphatic heterocycles. The summed E-state index contributed by atoms with van der Waals surface area (Å²) in [6, 6.07) is 13.0. The molecule has 0 saturated carbocycles. The van der Waals surface area contributed by atoms with Crippen molar-refractivity contribution in [3.63, 3.8) is 0 Å². The molecule has 162 valence electrons. The lowest BCUT2D eigenvalue weighted by molar-refractivity contribution is 0.0677. The molecule has 4 aromatic rings. The van der Waals surface area contributed by atoms with Crippen molar-refractivity contribution in [1.29, 1.82) is 0 Å². The lowest BCUT2D eigenvalue weighted by Gasteiger charge is -2.31. The van der Waals surface area contributed by atoms with Gasteiger partial charge in [0.1, 0.15) is 0 Å². The quantitative estimate of drug-likeness (QED) is 0.499. The largest absolute Gasteiger partial charge is 0.337 e. The van der Waals surface area contributed by atoms with Crippen LogP contribution in [0.5, 0.6) is 0 Å². The van der Waals surface area contributed by atoms with Crippen molar-refractivity contribution in [3.8, 4) is 11.3 Å². The Labute approximate surface area is 185 Å². The van der Waals surface area contributed by atoms with Crippen molar-refractivity contribution in [2.45, 2.75) is 19.4 Å². The first-order chi connectivity index (χ1) is 15.6. The van der Waals surface area contributed by atoms with Crippen LogP contribution in [0.2, 0.25) is 0 Å². The summed E-state index contributed by atoms with van der Waals surface area (Å²) in [6.07, 6.45) is 6.68. The van der Waals surface area contributed by atoms with E-state index in [1.165, 1.54) is 0 Å². The Morgan fingerprint density at radius 2 is 1.84 bits per heavy atom. The average Bonchev–Trinajstić information content (AvgIpc) is 3.17. The Morgan fingerprint density at radius 1 is 1.09 bits per heavy atom. The molecule has 3 aromatic heterocycles. The third-order valence-electron chi connectivity index (χ3n) is 6.17. The second kappa shape index (κ2) is 8.37. The van der Waals surface area contributed by atoms with Crippen LogP contribution in [0.1, 0.15) is 23.3 Å². The first kappa shape index (κ1) is 20.1. The fourth-order valence-electron chi connectivity index (χ4n) is 4.36. The maximum Gasteiger partial charge on any atom is 0.275 e. The van der Waals surface area contributed by atoms with Gasteiger partial charge in [0.2, 0.25) is 0 Å². The monoisotopic (exact) mass is 428 g/mol. The smallest absolute Gasteiger partial charge is 0.275 e. The number of hydrogen-bond donors (Lipinski definition) is 0. The number of aryl methyl sites for hydroxylation is 1. The number of nitrogens with zero attached hydrogens (tertiary/aromatic N) is 6. The number of para-hydroxylation sites is 1. The molecule has 32 heavy (non-hydrogen) atoms. The number of aromatic nitrogens is 5. The van der Waals surface area contributed by atoms with Crippen molar-refractivity contribution < 1.29 is 4.79 Å². The molecule has 0 spiro atoms. The predicted molar refractivity (Wildman–Crippen MR) is 121 cm³/mol. The van der Waals surface area contributed by atoms with Crippen LogP contribution in [0.4, 0.5) is 0 Å². The van der Waals surface area contributed by atoms with Gasteiger partial charge in [0.25, 0.3) is 11.5 Å². The van der Waals surface area contributed by atoms with Gasteiger partial charge in [-0.2, -0.15) is 5.10 Å². The molecule has 0 N–H and O–H groups in total. The molecule has 1 aliphatic rings. The standard InChI is InChI=1S/C24H24N6O2/c1-28-21-5-3-2-4-19(21)23(27-28)24(32)29-12-8-17(9-13-29)15-30-16-26-20(14-22(30)31)18-6-10-25-11-7-18/h2-7,10-11,14,16-17H,8-9,12-13,15H2,1H3. The van der Waals surface area contributed by atoms with E-state index in [0.29, 0.717) is 36.9 Å². The van der Waals surface area contributed by atoms with E-state index in [9.17, 15) is 9.59 Å². The van der Waals surface area contributed by atoms with Gasteiger partial charge in [-0.05, 0) is 37.0 Å². The second-order valence-electron chi connectivity index (χ2n) is 8.23. The van der Waals surface area contributed by atoms with E-state index in [1.54, 1.807) is 34.0 Å². The number of likely N-dealkylation sites (tertiary alicyclic amines) is 1. The number of hydrogen-bond acceptors (Lipinski definition) is 5. The van der Waals surface area contributed by atoms with Gasteiger partial charge in [0.15, 0.2) is 5.69 Å². The first-order valence-electron chi connectivity index (χ1n) is 10.8. The van der Waals surface area contributed by atoms with Gasteiger partial charge in [-0.3, -0.25) is 23.8 Å². The van der Waals surface area contributed by atoms with Gasteiger partial charge < -0.3 is 4.90 Å². The molecule has 8 heteroatoms. The predicted octanol–water partition coefficient (Wildman–Crippen LogP) is 2.74. The Kier molecular flexibility index (Phi) is 5.26. The summed E-state index contributed by atoms with van der Waals surface area (Å²) in [5.74, 6) is 0.298. The maximum atomic E-state index is 13.1. The number of carbonyl (C=O) groups is 1. The summed E-state index contributed by atoms with van der Waals surface area (Å²) < 4.78 is 3.42. The molecule has 0 aliphatic carbocycles. The lowest BCUT2D eigenvalue weighted by Crippen LogP contribution is -2.40. The zero-order chi connectivity index (χ0) is 22.1. The molecule has 8 nitrogen and oxygen atoms in total. The Bertz CT molecular complexity index is 1320. The summed E-state index contributed by atoms with van der Waals surface area (Å²) in [4.78, 5) is 36.0. The summed E-state index contributed by atoms with van der Waals surface area (Å²) in [5, 5.41) is 5.35. The van der Waals surface area contributed by atoms with E-state index in [4.69, 9.17) is 0 Å². The third kappa shape index (κ3) is 3.79. The highest BCUT2D eigenvalue weighted by molar-refractivity contribution is 6.04. The van der Waals surface area contributed by atoms with Crippen molar-refractivity contribution in [1.82, 2.24) is 29.2 Å². The minimum absolute atomic E-state index is 0.0270. The Hall–Kier alpha value is -3.81. The molecule has 5 rings (SSSR count).